The molecule has 3 heteroatoms. The highest BCUT2D eigenvalue weighted by molar-refractivity contribution is 5.72. The molecule has 0 heterocycles. The first-order valence-corrected chi connectivity index (χ1v) is 5.49. The van der Waals surface area contributed by atoms with Gasteiger partial charge in [-0.2, -0.15) is 0 Å². The van der Waals surface area contributed by atoms with Crippen molar-refractivity contribution in [1.29, 1.82) is 0 Å². The Morgan fingerprint density at radius 1 is 1.36 bits per heavy atom. The van der Waals surface area contributed by atoms with Crippen LogP contribution < -0.4 is 5.73 Å². The Bertz CT molecular complexity index is 223. The molecule has 0 aromatic carbocycles. The van der Waals surface area contributed by atoms with E-state index in [0.717, 1.165) is 12.8 Å². The van der Waals surface area contributed by atoms with Crippen LogP contribution in [0.4, 0.5) is 0 Å². The van der Waals surface area contributed by atoms with Crippen LogP contribution in [0.1, 0.15) is 38.5 Å². The number of esters is 1. The minimum absolute atomic E-state index is 0.0246. The number of nitrogens with two attached hydrogens (primary N) is 1. The van der Waals surface area contributed by atoms with Gasteiger partial charge in [0.15, 0.2) is 0 Å². The molecule has 0 aromatic rings. The Morgan fingerprint density at radius 3 is 2.36 bits per heavy atom. The molecular formula is C11H19NO2. The third kappa shape index (κ3) is 1.65. The molecule has 0 unspecified atom stereocenters. The van der Waals surface area contributed by atoms with Crippen LogP contribution in [0.5, 0.6) is 0 Å². The molecule has 0 aliphatic heterocycles. The maximum Gasteiger partial charge on any atom is 0.308 e. The van der Waals surface area contributed by atoms with Gasteiger partial charge < -0.3 is 10.5 Å². The molecule has 80 valence electrons. The molecule has 2 saturated carbocycles. The summed E-state index contributed by atoms with van der Waals surface area (Å²) in [6.07, 6.45) is 6.67. The van der Waals surface area contributed by atoms with Crippen molar-refractivity contribution in [2.45, 2.75) is 44.6 Å². The van der Waals surface area contributed by atoms with Crippen LogP contribution in [0.3, 0.4) is 0 Å². The van der Waals surface area contributed by atoms with E-state index in [-0.39, 0.29) is 11.9 Å². The van der Waals surface area contributed by atoms with Gasteiger partial charge in [-0.25, -0.2) is 0 Å². The van der Waals surface area contributed by atoms with Gasteiger partial charge >= 0.3 is 5.97 Å². The summed E-state index contributed by atoms with van der Waals surface area (Å²) in [5.74, 6) is 0.130. The fraction of sp³-hybridized carbons (Fsp3) is 0.909. The lowest BCUT2D eigenvalue weighted by Crippen LogP contribution is -2.48. The van der Waals surface area contributed by atoms with E-state index in [2.05, 4.69) is 0 Å². The Balaban J connectivity index is 1.84. The van der Waals surface area contributed by atoms with Gasteiger partial charge in [-0.05, 0) is 43.9 Å². The first-order chi connectivity index (χ1) is 6.65. The first kappa shape index (κ1) is 9.97. The topological polar surface area (TPSA) is 52.3 Å². The smallest absolute Gasteiger partial charge is 0.308 e. The summed E-state index contributed by atoms with van der Waals surface area (Å²) in [5, 5.41) is 0. The normalized spacial score (nSPS) is 41.9. The Kier molecular flexibility index (Phi) is 2.52. The largest absolute Gasteiger partial charge is 0.469 e. The summed E-state index contributed by atoms with van der Waals surface area (Å²) in [7, 11) is 1.48. The highest BCUT2D eigenvalue weighted by Gasteiger charge is 2.45. The van der Waals surface area contributed by atoms with E-state index in [1.807, 2.05) is 0 Å². The van der Waals surface area contributed by atoms with E-state index in [0.29, 0.717) is 11.5 Å². The summed E-state index contributed by atoms with van der Waals surface area (Å²) >= 11 is 0. The van der Waals surface area contributed by atoms with Crippen LogP contribution >= 0.6 is 0 Å². The lowest BCUT2D eigenvalue weighted by atomic mass is 9.57. The van der Waals surface area contributed by atoms with Gasteiger partial charge in [-0.15, -0.1) is 0 Å². The van der Waals surface area contributed by atoms with Gasteiger partial charge in [0.2, 0.25) is 0 Å². The van der Waals surface area contributed by atoms with Crippen molar-refractivity contribution in [2.75, 3.05) is 7.11 Å². The van der Waals surface area contributed by atoms with Gasteiger partial charge in [0.25, 0.3) is 0 Å². The molecule has 0 saturated heterocycles. The molecule has 0 atom stereocenters. The average Bonchev–Trinajstić information content (AvgIpc) is 2.16. The molecule has 3 nitrogen and oxygen atoms in total. The van der Waals surface area contributed by atoms with Crippen LogP contribution in [0.2, 0.25) is 0 Å². The third-order valence-electron chi connectivity index (χ3n) is 3.97. The predicted molar refractivity (Wildman–Crippen MR) is 53.6 cm³/mol. The van der Waals surface area contributed by atoms with Crippen molar-refractivity contribution in [3.05, 3.63) is 0 Å². The van der Waals surface area contributed by atoms with Crippen LogP contribution in [-0.2, 0) is 9.53 Å². The molecule has 0 radical (unpaired) electrons. The lowest BCUT2D eigenvalue weighted by molar-refractivity contribution is -0.148. The third-order valence-corrected chi connectivity index (χ3v) is 3.97. The second kappa shape index (κ2) is 3.54. The number of methoxy groups -OCH3 is 1. The number of carbonyl (C=O) groups is 1. The van der Waals surface area contributed by atoms with Crippen molar-refractivity contribution in [3.63, 3.8) is 0 Å². The van der Waals surface area contributed by atoms with Crippen molar-refractivity contribution in [1.82, 2.24) is 0 Å². The van der Waals surface area contributed by atoms with Crippen LogP contribution in [-0.4, -0.2) is 19.1 Å². The van der Waals surface area contributed by atoms with Gasteiger partial charge in [-0.3, -0.25) is 4.79 Å². The highest BCUT2D eigenvalue weighted by Crippen LogP contribution is 2.52. The molecule has 2 N–H and O–H groups in total. The van der Waals surface area contributed by atoms with E-state index in [1.165, 1.54) is 32.8 Å². The molecule has 2 rings (SSSR count). The summed E-state index contributed by atoms with van der Waals surface area (Å²) in [5.41, 5.74) is 6.32. The van der Waals surface area contributed by atoms with Crippen molar-refractivity contribution < 1.29 is 9.53 Å². The summed E-state index contributed by atoms with van der Waals surface area (Å²) in [6, 6.07) is 0.421. The number of ether oxygens (including phenoxy) is 1. The predicted octanol–water partition coefficient (Wildman–Crippen LogP) is 1.46. The molecule has 0 aromatic heterocycles. The molecule has 0 bridgehead atoms. The Labute approximate surface area is 85.0 Å². The van der Waals surface area contributed by atoms with Gasteiger partial charge in [0, 0.05) is 6.04 Å². The average molecular weight is 197 g/mol. The standard InChI is InChI=1S/C11H19NO2/c1-14-10(13)8-2-4-11(5-3-8)6-9(12)7-11/h8-9H,2-7,12H2,1H3. The van der Waals surface area contributed by atoms with E-state index in [4.69, 9.17) is 10.5 Å². The number of hydrogen-bond donors (Lipinski definition) is 1. The zero-order valence-electron chi connectivity index (χ0n) is 8.79. The first-order valence-electron chi connectivity index (χ1n) is 5.49. The van der Waals surface area contributed by atoms with E-state index >= 15 is 0 Å². The van der Waals surface area contributed by atoms with Crippen LogP contribution in [0.15, 0.2) is 0 Å². The summed E-state index contributed by atoms with van der Waals surface area (Å²) < 4.78 is 4.77. The monoisotopic (exact) mass is 197 g/mol. The van der Waals surface area contributed by atoms with Crippen molar-refractivity contribution >= 4 is 5.97 Å². The summed E-state index contributed by atoms with van der Waals surface area (Å²) in [4.78, 5) is 11.3. The fourth-order valence-electron chi connectivity index (χ4n) is 3.09. The number of carbonyl (C=O) groups excluding carboxylic acids is 1. The van der Waals surface area contributed by atoms with Gasteiger partial charge in [-0.1, -0.05) is 0 Å². The van der Waals surface area contributed by atoms with E-state index < -0.39 is 0 Å². The second-order valence-corrected chi connectivity index (χ2v) is 4.97. The minimum Gasteiger partial charge on any atom is -0.469 e. The Morgan fingerprint density at radius 2 is 1.93 bits per heavy atom. The molecule has 0 amide bonds. The quantitative estimate of drug-likeness (QED) is 0.647. The maximum atomic E-state index is 11.3. The molecule has 2 aliphatic rings. The van der Waals surface area contributed by atoms with Gasteiger partial charge in [0.1, 0.15) is 0 Å². The van der Waals surface area contributed by atoms with Crippen molar-refractivity contribution in [2.24, 2.45) is 17.1 Å². The van der Waals surface area contributed by atoms with E-state index in [9.17, 15) is 4.79 Å². The SMILES string of the molecule is COC(=O)C1CCC2(CC1)CC(N)C2. The fourth-order valence-corrected chi connectivity index (χ4v) is 3.09. The van der Waals surface area contributed by atoms with E-state index in [1.54, 1.807) is 0 Å². The summed E-state index contributed by atoms with van der Waals surface area (Å²) in [6.45, 7) is 0. The Hall–Kier alpha value is -0.570. The van der Waals surface area contributed by atoms with Crippen LogP contribution in [0, 0.1) is 11.3 Å². The van der Waals surface area contributed by atoms with Gasteiger partial charge in [0.05, 0.1) is 13.0 Å². The maximum absolute atomic E-state index is 11.3. The molecule has 1 spiro atoms. The number of hydrogen-bond acceptors (Lipinski definition) is 3. The molecule has 2 fully saturated rings. The minimum atomic E-state index is -0.0246. The molecular weight excluding hydrogens is 178 g/mol. The molecule has 14 heavy (non-hydrogen) atoms. The molecule has 2 aliphatic carbocycles. The van der Waals surface area contributed by atoms with Crippen molar-refractivity contribution in [3.8, 4) is 0 Å². The highest BCUT2D eigenvalue weighted by atomic mass is 16.5. The second-order valence-electron chi connectivity index (χ2n) is 4.97. The lowest BCUT2D eigenvalue weighted by Gasteiger charge is -2.50. The zero-order valence-corrected chi connectivity index (χ0v) is 8.79. The number of rotatable bonds is 1. The zero-order chi connectivity index (χ0) is 10.2. The van der Waals surface area contributed by atoms with Crippen LogP contribution in [0.25, 0.3) is 0 Å².